The van der Waals surface area contributed by atoms with Gasteiger partial charge in [-0.2, -0.15) is 0 Å². The molecular weight excluding hydrogens is 445 g/mol. The van der Waals surface area contributed by atoms with E-state index in [4.69, 9.17) is 4.74 Å². The first kappa shape index (κ1) is 21.7. The highest BCUT2D eigenvalue weighted by Crippen LogP contribution is 2.36. The molecule has 1 unspecified atom stereocenters. The standard InChI is InChI=1S/C18H33N5O2.HI/c1-19-16(21-13-18(22(2)3)6-9-25-10-7-18)23-8-4-5-17(14-23)11-15(24)20-12-17;/h4-14H2,1-3H3,(H,19,21)(H,20,24);1H. The maximum Gasteiger partial charge on any atom is 0.220 e. The van der Waals surface area contributed by atoms with E-state index in [-0.39, 0.29) is 40.8 Å². The second-order valence-electron chi connectivity index (χ2n) is 8.11. The summed E-state index contributed by atoms with van der Waals surface area (Å²) in [5, 5.41) is 6.64. The largest absolute Gasteiger partial charge is 0.381 e. The van der Waals surface area contributed by atoms with E-state index in [1.54, 1.807) is 0 Å². The maximum absolute atomic E-state index is 11.7. The van der Waals surface area contributed by atoms with Crippen LogP contribution in [0.5, 0.6) is 0 Å². The van der Waals surface area contributed by atoms with Gasteiger partial charge in [0.2, 0.25) is 5.91 Å². The van der Waals surface area contributed by atoms with Crippen molar-refractivity contribution in [3.63, 3.8) is 0 Å². The van der Waals surface area contributed by atoms with Gasteiger partial charge in [0.15, 0.2) is 5.96 Å². The van der Waals surface area contributed by atoms with E-state index in [9.17, 15) is 4.79 Å². The fourth-order valence-corrected chi connectivity index (χ4v) is 4.54. The van der Waals surface area contributed by atoms with Gasteiger partial charge in [-0.05, 0) is 39.8 Å². The van der Waals surface area contributed by atoms with Crippen molar-refractivity contribution in [3.8, 4) is 0 Å². The lowest BCUT2D eigenvalue weighted by molar-refractivity contribution is -0.119. The molecule has 7 nitrogen and oxygen atoms in total. The highest BCUT2D eigenvalue weighted by atomic mass is 127. The van der Waals surface area contributed by atoms with Crippen LogP contribution >= 0.6 is 24.0 Å². The molecule has 0 bridgehead atoms. The summed E-state index contributed by atoms with van der Waals surface area (Å²) < 4.78 is 5.56. The fraction of sp³-hybridized carbons (Fsp3) is 0.889. The molecule has 2 N–H and O–H groups in total. The number of nitrogens with one attached hydrogen (secondary N) is 2. The third-order valence-electron chi connectivity index (χ3n) is 6.32. The van der Waals surface area contributed by atoms with E-state index >= 15 is 0 Å². The van der Waals surface area contributed by atoms with Gasteiger partial charge < -0.3 is 25.2 Å². The van der Waals surface area contributed by atoms with E-state index in [2.05, 4.69) is 39.5 Å². The van der Waals surface area contributed by atoms with Crippen LogP contribution < -0.4 is 10.6 Å². The summed E-state index contributed by atoms with van der Waals surface area (Å²) in [6.45, 7) is 5.23. The van der Waals surface area contributed by atoms with Crippen molar-refractivity contribution in [1.29, 1.82) is 0 Å². The minimum atomic E-state index is 0. The Balaban J connectivity index is 0.00000243. The zero-order valence-electron chi connectivity index (χ0n) is 16.3. The smallest absolute Gasteiger partial charge is 0.220 e. The minimum Gasteiger partial charge on any atom is -0.381 e. The topological polar surface area (TPSA) is 69.2 Å². The fourth-order valence-electron chi connectivity index (χ4n) is 4.54. The lowest BCUT2D eigenvalue weighted by atomic mass is 9.79. The van der Waals surface area contributed by atoms with Crippen LogP contribution in [0.15, 0.2) is 4.99 Å². The Labute approximate surface area is 174 Å². The first-order valence-electron chi connectivity index (χ1n) is 9.46. The summed E-state index contributed by atoms with van der Waals surface area (Å²) in [6, 6.07) is 0. The van der Waals surface area contributed by atoms with Gasteiger partial charge in [-0.25, -0.2) is 0 Å². The van der Waals surface area contributed by atoms with E-state index in [0.29, 0.717) is 6.42 Å². The van der Waals surface area contributed by atoms with Gasteiger partial charge in [-0.1, -0.05) is 0 Å². The lowest BCUT2D eigenvalue weighted by Gasteiger charge is -2.45. The summed E-state index contributed by atoms with van der Waals surface area (Å²) >= 11 is 0. The van der Waals surface area contributed by atoms with Gasteiger partial charge in [0.05, 0.1) is 0 Å². The molecule has 150 valence electrons. The highest BCUT2D eigenvalue weighted by molar-refractivity contribution is 14.0. The molecule has 3 aliphatic rings. The number of likely N-dealkylation sites (tertiary alicyclic amines) is 1. The summed E-state index contributed by atoms with van der Waals surface area (Å²) in [5.74, 6) is 1.16. The number of rotatable bonds is 3. The zero-order chi connectivity index (χ0) is 17.9. The molecule has 26 heavy (non-hydrogen) atoms. The molecule has 3 saturated heterocycles. The number of carbonyl (C=O) groups excluding carboxylic acids is 1. The number of hydrogen-bond acceptors (Lipinski definition) is 4. The third-order valence-corrected chi connectivity index (χ3v) is 6.32. The first-order valence-corrected chi connectivity index (χ1v) is 9.46. The molecule has 3 heterocycles. The van der Waals surface area contributed by atoms with Crippen LogP contribution in [0.1, 0.15) is 32.1 Å². The third kappa shape index (κ3) is 4.62. The number of likely N-dealkylation sites (N-methyl/N-ethyl adjacent to an activating group) is 1. The minimum absolute atomic E-state index is 0. The predicted molar refractivity (Wildman–Crippen MR) is 114 cm³/mol. The molecular formula is C18H34IN5O2. The summed E-state index contributed by atoms with van der Waals surface area (Å²) in [4.78, 5) is 20.9. The molecule has 8 heteroatoms. The van der Waals surface area contributed by atoms with Crippen molar-refractivity contribution in [1.82, 2.24) is 20.4 Å². The number of carbonyl (C=O) groups is 1. The van der Waals surface area contributed by atoms with E-state index in [1.807, 2.05) is 7.05 Å². The molecule has 0 aromatic carbocycles. The molecule has 0 aromatic heterocycles. The average Bonchev–Trinajstić information content (AvgIpc) is 2.96. The Morgan fingerprint density at radius 1 is 1.35 bits per heavy atom. The molecule has 0 radical (unpaired) electrons. The summed E-state index contributed by atoms with van der Waals surface area (Å²) in [6.07, 6.45) is 4.96. The van der Waals surface area contributed by atoms with Crippen LogP contribution in [0.25, 0.3) is 0 Å². The first-order chi connectivity index (χ1) is 12.0. The maximum atomic E-state index is 11.7. The highest BCUT2D eigenvalue weighted by Gasteiger charge is 2.43. The summed E-state index contributed by atoms with van der Waals surface area (Å²) in [7, 11) is 6.16. The Bertz CT molecular complexity index is 522. The van der Waals surface area contributed by atoms with Crippen molar-refractivity contribution < 1.29 is 9.53 Å². The lowest BCUT2D eigenvalue weighted by Crippen LogP contribution is -2.58. The van der Waals surface area contributed by atoms with Gasteiger partial charge >= 0.3 is 0 Å². The van der Waals surface area contributed by atoms with Crippen LogP contribution in [-0.4, -0.2) is 87.7 Å². The molecule has 3 rings (SSSR count). The Hall–Kier alpha value is -0.610. The quantitative estimate of drug-likeness (QED) is 0.358. The van der Waals surface area contributed by atoms with Crippen LogP contribution in [-0.2, 0) is 9.53 Å². The number of aliphatic imine (C=N–C) groups is 1. The zero-order valence-corrected chi connectivity index (χ0v) is 18.7. The van der Waals surface area contributed by atoms with E-state index in [1.165, 1.54) is 0 Å². The molecule has 1 atom stereocenters. The van der Waals surface area contributed by atoms with Crippen molar-refractivity contribution in [3.05, 3.63) is 0 Å². The van der Waals surface area contributed by atoms with Crippen molar-refractivity contribution in [2.24, 2.45) is 10.4 Å². The second-order valence-corrected chi connectivity index (χ2v) is 8.11. The van der Waals surface area contributed by atoms with Crippen molar-refractivity contribution >= 4 is 35.8 Å². The SMILES string of the molecule is CN=C(NCC1(N(C)C)CCOCC1)N1CCCC2(CNC(=O)C2)C1.I. The van der Waals surface area contributed by atoms with Gasteiger partial charge in [0, 0.05) is 63.8 Å². The Morgan fingerprint density at radius 3 is 2.65 bits per heavy atom. The molecule has 0 aromatic rings. The monoisotopic (exact) mass is 479 g/mol. The van der Waals surface area contributed by atoms with Crippen molar-refractivity contribution in [2.75, 3.05) is 60.5 Å². The van der Waals surface area contributed by atoms with Gasteiger partial charge in [0.25, 0.3) is 0 Å². The normalized spacial score (nSPS) is 28.8. The number of ether oxygens (including phenoxy) is 1. The molecule has 0 saturated carbocycles. The number of amides is 1. The summed E-state index contributed by atoms with van der Waals surface area (Å²) in [5.41, 5.74) is 0.206. The average molecular weight is 479 g/mol. The number of guanidine groups is 1. The van der Waals surface area contributed by atoms with Crippen molar-refractivity contribution in [2.45, 2.75) is 37.6 Å². The second kappa shape index (κ2) is 9.05. The van der Waals surface area contributed by atoms with Gasteiger partial charge in [-0.3, -0.25) is 9.79 Å². The van der Waals surface area contributed by atoms with Gasteiger partial charge in [-0.15, -0.1) is 24.0 Å². The molecule has 0 aliphatic carbocycles. The van der Waals surface area contributed by atoms with Crippen LogP contribution in [0, 0.1) is 5.41 Å². The molecule has 3 fully saturated rings. The predicted octanol–water partition coefficient (Wildman–Crippen LogP) is 0.893. The van der Waals surface area contributed by atoms with Crippen LogP contribution in [0.4, 0.5) is 0 Å². The molecule has 1 amide bonds. The van der Waals surface area contributed by atoms with E-state index < -0.39 is 0 Å². The Morgan fingerprint density at radius 2 is 2.08 bits per heavy atom. The number of nitrogens with zero attached hydrogens (tertiary/aromatic N) is 3. The van der Waals surface area contributed by atoms with Crippen LogP contribution in [0.3, 0.4) is 0 Å². The number of hydrogen-bond donors (Lipinski definition) is 2. The number of piperidine rings is 1. The number of halogens is 1. The Kier molecular flexibility index (Phi) is 7.55. The van der Waals surface area contributed by atoms with E-state index in [0.717, 1.165) is 71.0 Å². The molecule has 3 aliphatic heterocycles. The molecule has 1 spiro atoms. The van der Waals surface area contributed by atoms with Gasteiger partial charge in [0.1, 0.15) is 0 Å². The van der Waals surface area contributed by atoms with Crippen LogP contribution in [0.2, 0.25) is 0 Å².